The van der Waals surface area contributed by atoms with Crippen molar-refractivity contribution in [3.63, 3.8) is 0 Å². The summed E-state index contributed by atoms with van der Waals surface area (Å²) in [7, 11) is -1.61. The summed E-state index contributed by atoms with van der Waals surface area (Å²) in [5, 5.41) is -0.130. The summed E-state index contributed by atoms with van der Waals surface area (Å²) in [6.45, 7) is 0. The smallest absolute Gasteiger partial charge is 0.270 e. The van der Waals surface area contributed by atoms with E-state index in [-0.39, 0.29) is 5.02 Å². The van der Waals surface area contributed by atoms with E-state index < -0.39 is 27.6 Å². The lowest BCUT2D eigenvalue weighted by Gasteiger charge is -2.17. The minimum Gasteiger partial charge on any atom is -0.270 e. The van der Waals surface area contributed by atoms with E-state index >= 15 is 0 Å². The maximum atomic E-state index is 12.7. The molecule has 0 unspecified atom stereocenters. The number of nitrogens with one attached hydrogen (secondary N) is 1. The van der Waals surface area contributed by atoms with Crippen molar-refractivity contribution in [1.29, 1.82) is 0 Å². The molecule has 1 N–H and O–H groups in total. The maximum absolute atomic E-state index is 12.7. The molecule has 0 radical (unpaired) electrons. The van der Waals surface area contributed by atoms with Gasteiger partial charge in [0, 0.05) is 19.1 Å². The van der Waals surface area contributed by atoms with E-state index in [0.717, 1.165) is 10.4 Å². The van der Waals surface area contributed by atoms with Crippen LogP contribution < -0.4 is 4.72 Å². The molecule has 9 heteroatoms. The van der Waals surface area contributed by atoms with Gasteiger partial charge in [0.15, 0.2) is 0 Å². The van der Waals surface area contributed by atoms with Gasteiger partial charge >= 0.3 is 16.4 Å². The molecule has 0 aromatic heterocycles. The summed E-state index contributed by atoms with van der Waals surface area (Å²) in [5.41, 5.74) is -1.71. The number of alkyl halides is 3. The summed E-state index contributed by atoms with van der Waals surface area (Å²) in [4.78, 5) is 0. The number of halogens is 4. The van der Waals surface area contributed by atoms with Gasteiger partial charge in [-0.3, -0.25) is 4.72 Å². The molecule has 0 aliphatic heterocycles. The third-order valence-corrected chi connectivity index (χ3v) is 3.68. The standard InChI is InChI=1S/C9H10ClF3N2O2S/c1-15(2)18(16,17)14-8-4-3-6(10)5-7(8)9(11,12)13/h3-5,14H,1-2H3. The third kappa shape index (κ3) is 3.50. The molecule has 102 valence electrons. The van der Waals surface area contributed by atoms with Crippen molar-refractivity contribution >= 4 is 27.5 Å². The SMILES string of the molecule is CN(C)S(=O)(=O)Nc1ccc(Cl)cc1C(F)(F)F. The van der Waals surface area contributed by atoms with Crippen LogP contribution in [-0.4, -0.2) is 26.8 Å². The van der Waals surface area contributed by atoms with E-state index in [0.29, 0.717) is 6.07 Å². The van der Waals surface area contributed by atoms with Gasteiger partial charge < -0.3 is 0 Å². The second-order valence-electron chi connectivity index (χ2n) is 3.58. The van der Waals surface area contributed by atoms with Crippen LogP contribution >= 0.6 is 11.6 Å². The fraction of sp³-hybridized carbons (Fsp3) is 0.333. The van der Waals surface area contributed by atoms with E-state index in [4.69, 9.17) is 11.6 Å². The summed E-state index contributed by atoms with van der Waals surface area (Å²) in [6.07, 6.45) is -4.70. The molecule has 1 aromatic carbocycles. The van der Waals surface area contributed by atoms with Gasteiger partial charge in [0.05, 0.1) is 11.3 Å². The average Bonchev–Trinajstić information content (AvgIpc) is 2.18. The maximum Gasteiger partial charge on any atom is 0.418 e. The molecular formula is C9H10ClF3N2O2S. The number of nitrogens with zero attached hydrogens (tertiary/aromatic N) is 1. The van der Waals surface area contributed by atoms with Crippen LogP contribution in [0.2, 0.25) is 5.02 Å². The van der Waals surface area contributed by atoms with Crippen LogP contribution in [0, 0.1) is 0 Å². The first-order valence-electron chi connectivity index (χ1n) is 4.61. The summed E-state index contributed by atoms with van der Waals surface area (Å²) < 4.78 is 63.7. The Morgan fingerprint density at radius 1 is 1.28 bits per heavy atom. The topological polar surface area (TPSA) is 49.4 Å². The molecule has 18 heavy (non-hydrogen) atoms. The van der Waals surface area contributed by atoms with Crippen LogP contribution in [0.25, 0.3) is 0 Å². The second kappa shape index (κ2) is 4.94. The summed E-state index contributed by atoms with van der Waals surface area (Å²) in [5.74, 6) is 0. The number of hydrogen-bond donors (Lipinski definition) is 1. The molecule has 0 heterocycles. The molecule has 0 amide bonds. The molecule has 0 aliphatic carbocycles. The Kier molecular flexibility index (Phi) is 4.14. The molecule has 0 saturated carbocycles. The summed E-state index contributed by atoms with van der Waals surface area (Å²) >= 11 is 5.47. The largest absolute Gasteiger partial charge is 0.418 e. The Labute approximate surface area is 108 Å². The van der Waals surface area contributed by atoms with Crippen molar-refractivity contribution in [2.45, 2.75) is 6.18 Å². The van der Waals surface area contributed by atoms with Crippen LogP contribution in [0.5, 0.6) is 0 Å². The Bertz CT molecular complexity index is 543. The molecule has 1 rings (SSSR count). The monoisotopic (exact) mass is 302 g/mol. The Morgan fingerprint density at radius 2 is 1.83 bits per heavy atom. The van der Waals surface area contributed by atoms with Crippen LogP contribution in [0.3, 0.4) is 0 Å². The number of benzene rings is 1. The number of hydrogen-bond acceptors (Lipinski definition) is 2. The highest BCUT2D eigenvalue weighted by molar-refractivity contribution is 7.90. The van der Waals surface area contributed by atoms with Crippen LogP contribution in [0.15, 0.2) is 18.2 Å². The van der Waals surface area contributed by atoms with Gasteiger partial charge in [-0.15, -0.1) is 0 Å². The first kappa shape index (κ1) is 15.1. The van der Waals surface area contributed by atoms with Gasteiger partial charge in [0.2, 0.25) is 0 Å². The normalized spacial score (nSPS) is 12.8. The van der Waals surface area contributed by atoms with E-state index in [2.05, 4.69) is 0 Å². The fourth-order valence-electron chi connectivity index (χ4n) is 1.07. The van der Waals surface area contributed by atoms with Crippen molar-refractivity contribution in [1.82, 2.24) is 4.31 Å². The molecule has 0 spiro atoms. The predicted molar refractivity (Wildman–Crippen MR) is 62.7 cm³/mol. The van der Waals surface area contributed by atoms with Crippen molar-refractivity contribution in [2.75, 3.05) is 18.8 Å². The van der Waals surface area contributed by atoms with Crippen molar-refractivity contribution < 1.29 is 21.6 Å². The van der Waals surface area contributed by atoms with Crippen molar-refractivity contribution in [3.8, 4) is 0 Å². The van der Waals surface area contributed by atoms with Gasteiger partial charge in [-0.25, -0.2) is 0 Å². The summed E-state index contributed by atoms with van der Waals surface area (Å²) in [6, 6.07) is 2.80. The van der Waals surface area contributed by atoms with Crippen LogP contribution in [-0.2, 0) is 16.4 Å². The zero-order valence-electron chi connectivity index (χ0n) is 9.42. The second-order valence-corrected chi connectivity index (χ2v) is 5.90. The lowest BCUT2D eigenvalue weighted by atomic mass is 10.2. The molecule has 1 aromatic rings. The van der Waals surface area contributed by atoms with E-state index in [9.17, 15) is 21.6 Å². The highest BCUT2D eigenvalue weighted by atomic mass is 35.5. The van der Waals surface area contributed by atoms with Crippen molar-refractivity contribution in [3.05, 3.63) is 28.8 Å². The quantitative estimate of drug-likeness (QED) is 0.933. The predicted octanol–water partition coefficient (Wildman–Crippen LogP) is 2.58. The first-order chi connectivity index (χ1) is 8.04. The van der Waals surface area contributed by atoms with Crippen LogP contribution in [0.4, 0.5) is 18.9 Å². The van der Waals surface area contributed by atoms with Gasteiger partial charge in [0.25, 0.3) is 0 Å². The minimum atomic E-state index is -4.70. The zero-order valence-corrected chi connectivity index (χ0v) is 11.0. The van der Waals surface area contributed by atoms with Gasteiger partial charge in [0.1, 0.15) is 0 Å². The lowest BCUT2D eigenvalue weighted by molar-refractivity contribution is -0.136. The first-order valence-corrected chi connectivity index (χ1v) is 6.43. The molecule has 0 atom stereocenters. The Morgan fingerprint density at radius 3 is 2.28 bits per heavy atom. The highest BCUT2D eigenvalue weighted by Gasteiger charge is 2.35. The van der Waals surface area contributed by atoms with E-state index in [1.165, 1.54) is 20.2 Å². The highest BCUT2D eigenvalue weighted by Crippen LogP contribution is 2.36. The third-order valence-electron chi connectivity index (χ3n) is 2.01. The molecule has 4 nitrogen and oxygen atoms in total. The Balaban J connectivity index is 3.27. The Hall–Kier alpha value is -0.990. The molecule has 0 fully saturated rings. The number of anilines is 1. The average molecular weight is 303 g/mol. The van der Waals surface area contributed by atoms with E-state index in [1.54, 1.807) is 0 Å². The molecule has 0 bridgehead atoms. The molecular weight excluding hydrogens is 293 g/mol. The zero-order chi connectivity index (χ0) is 14.1. The molecule has 0 saturated heterocycles. The minimum absolute atomic E-state index is 0.130. The molecule has 0 aliphatic rings. The van der Waals surface area contributed by atoms with Gasteiger partial charge in [-0.2, -0.15) is 25.9 Å². The lowest BCUT2D eigenvalue weighted by Crippen LogP contribution is -2.29. The fourth-order valence-corrected chi connectivity index (χ4v) is 1.88. The van der Waals surface area contributed by atoms with Gasteiger partial charge in [-0.1, -0.05) is 11.6 Å². The van der Waals surface area contributed by atoms with Crippen molar-refractivity contribution in [2.24, 2.45) is 0 Å². The van der Waals surface area contributed by atoms with Gasteiger partial charge in [-0.05, 0) is 18.2 Å². The van der Waals surface area contributed by atoms with E-state index in [1.807, 2.05) is 4.72 Å². The number of rotatable bonds is 3. The van der Waals surface area contributed by atoms with Crippen LogP contribution in [0.1, 0.15) is 5.56 Å².